The molecule has 0 fully saturated rings. The van der Waals surface area contributed by atoms with Crippen molar-refractivity contribution in [3.8, 4) is 17.2 Å². The van der Waals surface area contributed by atoms with Crippen LogP contribution in [0.4, 0.5) is 0 Å². The minimum Gasteiger partial charge on any atom is -0.494 e. The van der Waals surface area contributed by atoms with E-state index in [1.165, 1.54) is 11.8 Å². The van der Waals surface area contributed by atoms with Gasteiger partial charge in [0, 0.05) is 31.8 Å². The second-order valence-corrected chi connectivity index (χ2v) is 9.99. The van der Waals surface area contributed by atoms with Gasteiger partial charge in [0.1, 0.15) is 29.2 Å². The molecule has 1 aromatic heterocycles. The van der Waals surface area contributed by atoms with Crippen molar-refractivity contribution in [2.45, 2.75) is 30.9 Å². The Kier molecular flexibility index (Phi) is 8.91. The summed E-state index contributed by atoms with van der Waals surface area (Å²) < 4.78 is 13.5. The van der Waals surface area contributed by atoms with Crippen LogP contribution in [0.2, 0.25) is 10.0 Å². The predicted octanol–water partition coefficient (Wildman–Crippen LogP) is 6.97. The molecule has 0 unspecified atom stereocenters. The number of hydrogen-bond donors (Lipinski definition) is 0. The molecule has 8 nitrogen and oxygen atoms in total. The Hall–Kier alpha value is -3.27. The molecule has 0 bridgehead atoms. The molecule has 0 aliphatic carbocycles. The van der Waals surface area contributed by atoms with Crippen molar-refractivity contribution in [2.24, 2.45) is 0 Å². The average molecular weight is 559 g/mol. The van der Waals surface area contributed by atoms with Gasteiger partial charge in [0.05, 0.1) is 6.61 Å². The lowest BCUT2D eigenvalue weighted by molar-refractivity contribution is -0.479. The lowest BCUT2D eigenvalue weighted by Gasteiger charge is -2.18. The van der Waals surface area contributed by atoms with Gasteiger partial charge in [-0.05, 0) is 56.3 Å². The Balaban J connectivity index is 1.62. The summed E-state index contributed by atoms with van der Waals surface area (Å²) in [7, 11) is 0. The first-order valence-corrected chi connectivity index (χ1v) is 13.1. The summed E-state index contributed by atoms with van der Waals surface area (Å²) in [6, 6.07) is 20.0. The van der Waals surface area contributed by atoms with Gasteiger partial charge in [-0.2, -0.15) is 0 Å². The average Bonchev–Trinajstić information content (AvgIpc) is 3.23. The summed E-state index contributed by atoms with van der Waals surface area (Å²) in [5, 5.41) is 21.2. The van der Waals surface area contributed by atoms with Crippen molar-refractivity contribution < 1.29 is 14.4 Å². The smallest absolute Gasteiger partial charge is 0.220 e. The molecule has 1 atom stereocenters. The SMILES string of the molecule is CCOc1ccc(-n2c(C)nnc2S[C@@H](C[N+](=O)[O-])c2ccccc2OCc2ccc(Cl)cc2Cl)cc1. The maximum absolute atomic E-state index is 11.7. The van der Waals surface area contributed by atoms with Gasteiger partial charge in [-0.1, -0.05) is 59.2 Å². The molecule has 1 heterocycles. The van der Waals surface area contributed by atoms with Gasteiger partial charge in [0.25, 0.3) is 0 Å². The number of hydrogen-bond acceptors (Lipinski definition) is 7. The predicted molar refractivity (Wildman–Crippen MR) is 145 cm³/mol. The van der Waals surface area contributed by atoms with Gasteiger partial charge in [-0.3, -0.25) is 14.7 Å². The van der Waals surface area contributed by atoms with Gasteiger partial charge in [0.2, 0.25) is 6.54 Å². The Bertz CT molecular complexity index is 1380. The number of aryl methyl sites for hydroxylation is 1. The molecule has 0 N–H and O–H groups in total. The normalized spacial score (nSPS) is 11.8. The summed E-state index contributed by atoms with van der Waals surface area (Å²) in [4.78, 5) is 11.3. The highest BCUT2D eigenvalue weighted by molar-refractivity contribution is 7.99. The maximum atomic E-state index is 11.7. The van der Waals surface area contributed by atoms with Crippen LogP contribution >= 0.6 is 35.0 Å². The summed E-state index contributed by atoms with van der Waals surface area (Å²) in [6.07, 6.45) is 0. The van der Waals surface area contributed by atoms with E-state index in [1.54, 1.807) is 24.3 Å². The zero-order chi connectivity index (χ0) is 26.4. The second kappa shape index (κ2) is 12.3. The van der Waals surface area contributed by atoms with E-state index < -0.39 is 5.25 Å². The molecule has 0 saturated carbocycles. The minimum atomic E-state index is -0.586. The quantitative estimate of drug-likeness (QED) is 0.111. The summed E-state index contributed by atoms with van der Waals surface area (Å²) in [5.74, 6) is 1.94. The highest BCUT2D eigenvalue weighted by Gasteiger charge is 2.26. The Labute approximate surface area is 228 Å². The van der Waals surface area contributed by atoms with E-state index in [0.29, 0.717) is 38.9 Å². The third-order valence-corrected chi connectivity index (χ3v) is 7.18. The van der Waals surface area contributed by atoms with E-state index in [0.717, 1.165) is 17.0 Å². The fourth-order valence-corrected chi connectivity index (χ4v) is 5.37. The van der Waals surface area contributed by atoms with Crippen molar-refractivity contribution in [1.29, 1.82) is 0 Å². The molecule has 0 aliphatic rings. The molecule has 0 saturated heterocycles. The lowest BCUT2D eigenvalue weighted by atomic mass is 10.1. The summed E-state index contributed by atoms with van der Waals surface area (Å²) in [5.41, 5.74) is 2.26. The van der Waals surface area contributed by atoms with Crippen molar-refractivity contribution in [3.05, 3.63) is 104 Å². The van der Waals surface area contributed by atoms with Crippen LogP contribution in [-0.4, -0.2) is 32.8 Å². The van der Waals surface area contributed by atoms with Crippen LogP contribution in [0.15, 0.2) is 71.9 Å². The molecule has 37 heavy (non-hydrogen) atoms. The van der Waals surface area contributed by atoms with E-state index in [1.807, 2.05) is 60.9 Å². The van der Waals surface area contributed by atoms with E-state index in [2.05, 4.69) is 10.2 Å². The highest BCUT2D eigenvalue weighted by atomic mass is 35.5. The number of aromatic nitrogens is 3. The minimum absolute atomic E-state index is 0.185. The summed E-state index contributed by atoms with van der Waals surface area (Å²) >= 11 is 13.6. The number of nitrogens with zero attached hydrogens (tertiary/aromatic N) is 4. The molecule has 0 amide bonds. The molecule has 4 aromatic rings. The maximum Gasteiger partial charge on any atom is 0.220 e. The number of para-hydroxylation sites is 1. The van der Waals surface area contributed by atoms with Crippen LogP contribution < -0.4 is 9.47 Å². The first-order valence-electron chi connectivity index (χ1n) is 11.4. The van der Waals surface area contributed by atoms with Crippen molar-refractivity contribution in [3.63, 3.8) is 0 Å². The molecular formula is C26H24Cl2N4O4S. The monoisotopic (exact) mass is 558 g/mol. The second-order valence-electron chi connectivity index (χ2n) is 7.98. The van der Waals surface area contributed by atoms with E-state index in [4.69, 9.17) is 32.7 Å². The molecule has 4 rings (SSSR count). The topological polar surface area (TPSA) is 92.3 Å². The standard InChI is InChI=1S/C26H24Cl2N4O4S/c1-3-35-21-12-10-20(11-13-21)32-17(2)29-30-26(32)37-25(15-31(33)34)22-6-4-5-7-24(22)36-16-18-8-9-19(27)14-23(18)28/h4-14,25H,3,15-16H2,1-2H3/t25-/m0/s1. The molecule has 11 heteroatoms. The van der Waals surface area contributed by atoms with Crippen LogP contribution in [-0.2, 0) is 6.61 Å². The third kappa shape index (κ3) is 6.74. The molecule has 3 aromatic carbocycles. The summed E-state index contributed by atoms with van der Waals surface area (Å²) in [6.45, 7) is 4.18. The largest absolute Gasteiger partial charge is 0.494 e. The molecule has 0 aliphatic heterocycles. The molecular weight excluding hydrogens is 535 g/mol. The van der Waals surface area contributed by atoms with Crippen molar-refractivity contribution in [2.75, 3.05) is 13.2 Å². The fourth-order valence-electron chi connectivity index (χ4n) is 3.71. The number of ether oxygens (including phenoxy) is 2. The van der Waals surface area contributed by atoms with Gasteiger partial charge in [-0.25, -0.2) is 0 Å². The van der Waals surface area contributed by atoms with E-state index in [9.17, 15) is 10.1 Å². The number of thioether (sulfide) groups is 1. The zero-order valence-corrected chi connectivity index (χ0v) is 22.5. The van der Waals surface area contributed by atoms with Crippen LogP contribution in [0.3, 0.4) is 0 Å². The lowest BCUT2D eigenvalue weighted by Crippen LogP contribution is -2.12. The Morgan fingerprint density at radius 2 is 1.81 bits per heavy atom. The van der Waals surface area contributed by atoms with Crippen LogP contribution in [0.5, 0.6) is 11.5 Å². The van der Waals surface area contributed by atoms with Crippen molar-refractivity contribution >= 4 is 35.0 Å². The number of benzene rings is 3. The first kappa shape index (κ1) is 26.8. The van der Waals surface area contributed by atoms with Crippen LogP contribution in [0.1, 0.15) is 29.1 Å². The van der Waals surface area contributed by atoms with Crippen LogP contribution in [0, 0.1) is 17.0 Å². The van der Waals surface area contributed by atoms with E-state index in [-0.39, 0.29) is 18.1 Å². The number of rotatable bonds is 11. The van der Waals surface area contributed by atoms with Gasteiger partial charge in [-0.15, -0.1) is 10.2 Å². The Morgan fingerprint density at radius 1 is 1.05 bits per heavy atom. The molecule has 0 spiro atoms. The molecule has 192 valence electrons. The Morgan fingerprint density at radius 3 is 2.51 bits per heavy atom. The first-order chi connectivity index (χ1) is 17.9. The number of nitro groups is 1. The van der Waals surface area contributed by atoms with Gasteiger partial charge in [0.15, 0.2) is 5.16 Å². The van der Waals surface area contributed by atoms with Gasteiger partial charge < -0.3 is 9.47 Å². The van der Waals surface area contributed by atoms with Crippen LogP contribution in [0.25, 0.3) is 5.69 Å². The zero-order valence-electron chi connectivity index (χ0n) is 20.1. The molecule has 0 radical (unpaired) electrons. The van der Waals surface area contributed by atoms with Crippen molar-refractivity contribution in [1.82, 2.24) is 14.8 Å². The number of halogens is 2. The third-order valence-electron chi connectivity index (χ3n) is 5.43. The van der Waals surface area contributed by atoms with E-state index >= 15 is 0 Å². The highest BCUT2D eigenvalue weighted by Crippen LogP contribution is 2.40. The van der Waals surface area contributed by atoms with Gasteiger partial charge >= 0.3 is 0 Å². The fraction of sp³-hybridized carbons (Fsp3) is 0.231.